The van der Waals surface area contributed by atoms with Gasteiger partial charge in [0.15, 0.2) is 0 Å². The summed E-state index contributed by atoms with van der Waals surface area (Å²) in [4.78, 5) is 11.3. The van der Waals surface area contributed by atoms with Crippen molar-refractivity contribution >= 4 is 17.1 Å². The summed E-state index contributed by atoms with van der Waals surface area (Å²) in [5, 5.41) is -0.110. The van der Waals surface area contributed by atoms with Gasteiger partial charge < -0.3 is 4.79 Å². The zero-order chi connectivity index (χ0) is 14.7. The van der Waals surface area contributed by atoms with E-state index in [1.165, 1.54) is 0 Å². The molecule has 0 bridgehead atoms. The van der Waals surface area contributed by atoms with Gasteiger partial charge in [-0.15, -0.1) is 0 Å². The average Bonchev–Trinajstić information content (AvgIpc) is 2.57. The van der Waals surface area contributed by atoms with E-state index < -0.39 is 10.8 Å². The van der Waals surface area contributed by atoms with Crippen molar-refractivity contribution in [1.29, 1.82) is 0 Å². The fraction of sp³-hybridized carbons (Fsp3) is 0.278. The highest BCUT2D eigenvalue weighted by Gasteiger charge is 2.36. The minimum absolute atomic E-state index is 0.0156. The third-order valence-electron chi connectivity index (χ3n) is 4.13. The van der Waals surface area contributed by atoms with Crippen molar-refractivity contribution in [1.82, 2.24) is 0 Å². The number of aldehydes is 1. The van der Waals surface area contributed by atoms with E-state index in [4.69, 9.17) is 0 Å². The molecule has 1 heterocycles. The Morgan fingerprint density at radius 2 is 1.24 bits per heavy atom. The smallest absolute Gasteiger partial charge is 0.123 e. The molecule has 2 unspecified atom stereocenters. The van der Waals surface area contributed by atoms with Crippen LogP contribution >= 0.6 is 0 Å². The lowest BCUT2D eigenvalue weighted by atomic mass is 9.92. The van der Waals surface area contributed by atoms with Crippen molar-refractivity contribution in [2.24, 2.45) is 5.92 Å². The van der Waals surface area contributed by atoms with E-state index in [1.807, 2.05) is 60.7 Å². The topological polar surface area (TPSA) is 34.1 Å². The second-order valence-corrected chi connectivity index (χ2v) is 7.29. The zero-order valence-corrected chi connectivity index (χ0v) is 12.5. The van der Waals surface area contributed by atoms with Crippen molar-refractivity contribution in [3.05, 3.63) is 71.8 Å². The van der Waals surface area contributed by atoms with E-state index in [-0.39, 0.29) is 16.4 Å². The summed E-state index contributed by atoms with van der Waals surface area (Å²) in [5.74, 6) is -0.0156. The minimum atomic E-state index is -0.999. The standard InChI is InChI=1S/C18H18O2S/c19-13-14-11-17(15-7-3-1-4-8-15)21(20)18(12-14)16-9-5-2-6-10-16/h1-10,13-14,17-18H,11-12H2. The molecular weight excluding hydrogens is 280 g/mol. The normalized spacial score (nSPS) is 29.0. The van der Waals surface area contributed by atoms with Gasteiger partial charge in [-0.3, -0.25) is 4.21 Å². The van der Waals surface area contributed by atoms with Gasteiger partial charge in [-0.1, -0.05) is 60.7 Å². The van der Waals surface area contributed by atoms with Crippen molar-refractivity contribution in [2.45, 2.75) is 23.3 Å². The Bertz CT molecular complexity index is 573. The highest BCUT2D eigenvalue weighted by molar-refractivity contribution is 7.85. The van der Waals surface area contributed by atoms with E-state index in [2.05, 4.69) is 0 Å². The second-order valence-electron chi connectivity index (χ2n) is 5.49. The Labute approximate surface area is 127 Å². The monoisotopic (exact) mass is 298 g/mol. The van der Waals surface area contributed by atoms with Crippen LogP contribution in [0.1, 0.15) is 34.5 Å². The predicted octanol–water partition coefficient (Wildman–Crippen LogP) is 3.83. The summed E-state index contributed by atoms with van der Waals surface area (Å²) in [6.07, 6.45) is 2.40. The van der Waals surface area contributed by atoms with E-state index in [0.717, 1.165) is 17.4 Å². The molecule has 0 saturated carbocycles. The fourth-order valence-corrected chi connectivity index (χ4v) is 5.14. The number of carbonyl (C=O) groups excluding carboxylic acids is 1. The number of rotatable bonds is 3. The molecule has 2 aromatic rings. The summed E-state index contributed by atoms with van der Waals surface area (Å²) in [6.45, 7) is 0. The number of benzene rings is 2. The maximum absolute atomic E-state index is 13.0. The molecule has 0 N–H and O–H groups in total. The van der Waals surface area contributed by atoms with E-state index in [9.17, 15) is 9.00 Å². The largest absolute Gasteiger partial charge is 0.303 e. The Hall–Kier alpha value is -1.74. The van der Waals surface area contributed by atoms with Crippen molar-refractivity contribution in [3.63, 3.8) is 0 Å². The number of hydrogen-bond acceptors (Lipinski definition) is 2. The number of hydrogen-bond donors (Lipinski definition) is 0. The molecule has 0 amide bonds. The molecule has 1 aliphatic rings. The first-order valence-electron chi connectivity index (χ1n) is 7.24. The molecule has 2 nitrogen and oxygen atoms in total. The zero-order valence-electron chi connectivity index (χ0n) is 11.7. The van der Waals surface area contributed by atoms with Gasteiger partial charge in [-0.05, 0) is 24.0 Å². The van der Waals surface area contributed by atoms with Gasteiger partial charge in [0.1, 0.15) is 6.29 Å². The lowest BCUT2D eigenvalue weighted by Crippen LogP contribution is -2.26. The predicted molar refractivity (Wildman–Crippen MR) is 85.3 cm³/mol. The summed E-state index contributed by atoms with van der Waals surface area (Å²) < 4.78 is 13.0. The summed E-state index contributed by atoms with van der Waals surface area (Å²) in [5.41, 5.74) is 2.15. The van der Waals surface area contributed by atoms with Crippen LogP contribution in [0.15, 0.2) is 60.7 Å². The van der Waals surface area contributed by atoms with E-state index >= 15 is 0 Å². The van der Waals surface area contributed by atoms with Crippen LogP contribution in [-0.4, -0.2) is 10.5 Å². The molecule has 3 rings (SSSR count). The molecular formula is C18H18O2S. The van der Waals surface area contributed by atoms with Crippen LogP contribution in [0, 0.1) is 5.92 Å². The Morgan fingerprint density at radius 1 is 0.810 bits per heavy atom. The fourth-order valence-electron chi connectivity index (χ4n) is 3.02. The molecule has 1 aliphatic heterocycles. The minimum Gasteiger partial charge on any atom is -0.303 e. The molecule has 2 atom stereocenters. The van der Waals surface area contributed by atoms with Crippen LogP contribution in [-0.2, 0) is 15.6 Å². The van der Waals surface area contributed by atoms with Crippen molar-refractivity contribution in [3.8, 4) is 0 Å². The first-order chi connectivity index (χ1) is 10.3. The first-order valence-corrected chi connectivity index (χ1v) is 8.51. The third-order valence-corrected chi connectivity index (χ3v) is 6.18. The second kappa shape index (κ2) is 6.35. The molecule has 0 aromatic heterocycles. The quantitative estimate of drug-likeness (QED) is 0.807. The van der Waals surface area contributed by atoms with Crippen LogP contribution in [0.2, 0.25) is 0 Å². The van der Waals surface area contributed by atoms with Crippen LogP contribution in [0.25, 0.3) is 0 Å². The molecule has 0 aliphatic carbocycles. The van der Waals surface area contributed by atoms with Crippen LogP contribution in [0.3, 0.4) is 0 Å². The van der Waals surface area contributed by atoms with Gasteiger partial charge in [-0.2, -0.15) is 0 Å². The van der Waals surface area contributed by atoms with Crippen molar-refractivity contribution in [2.75, 3.05) is 0 Å². The van der Waals surface area contributed by atoms with Gasteiger partial charge in [0, 0.05) is 16.7 Å². The van der Waals surface area contributed by atoms with Gasteiger partial charge in [0.25, 0.3) is 0 Å². The summed E-state index contributed by atoms with van der Waals surface area (Å²) >= 11 is 0. The Kier molecular flexibility index (Phi) is 4.30. The Balaban J connectivity index is 1.95. The summed E-state index contributed by atoms with van der Waals surface area (Å²) in [7, 11) is -0.999. The number of carbonyl (C=O) groups is 1. The summed E-state index contributed by atoms with van der Waals surface area (Å²) in [6, 6.07) is 19.8. The lowest BCUT2D eigenvalue weighted by Gasteiger charge is -2.32. The third kappa shape index (κ3) is 2.98. The van der Waals surface area contributed by atoms with Crippen LogP contribution in [0.5, 0.6) is 0 Å². The van der Waals surface area contributed by atoms with Gasteiger partial charge >= 0.3 is 0 Å². The van der Waals surface area contributed by atoms with E-state index in [0.29, 0.717) is 12.8 Å². The molecule has 1 fully saturated rings. The van der Waals surface area contributed by atoms with Gasteiger partial charge in [0.2, 0.25) is 0 Å². The highest BCUT2D eigenvalue weighted by atomic mass is 32.2. The van der Waals surface area contributed by atoms with Crippen molar-refractivity contribution < 1.29 is 9.00 Å². The van der Waals surface area contributed by atoms with Crippen LogP contribution in [0.4, 0.5) is 0 Å². The molecule has 21 heavy (non-hydrogen) atoms. The molecule has 0 radical (unpaired) electrons. The first kappa shape index (κ1) is 14.2. The van der Waals surface area contributed by atoms with E-state index in [1.54, 1.807) is 0 Å². The molecule has 1 saturated heterocycles. The maximum Gasteiger partial charge on any atom is 0.123 e. The molecule has 108 valence electrons. The lowest BCUT2D eigenvalue weighted by molar-refractivity contribution is -0.111. The Morgan fingerprint density at radius 3 is 1.62 bits per heavy atom. The van der Waals surface area contributed by atoms with Gasteiger partial charge in [0.05, 0.1) is 10.5 Å². The molecule has 2 aromatic carbocycles. The average molecular weight is 298 g/mol. The molecule has 0 spiro atoms. The van der Waals surface area contributed by atoms with Gasteiger partial charge in [-0.25, -0.2) is 0 Å². The maximum atomic E-state index is 13.0. The highest BCUT2D eigenvalue weighted by Crippen LogP contribution is 2.43. The SMILES string of the molecule is O=CC1CC(c2ccccc2)S(=O)C(c2ccccc2)C1. The van der Waals surface area contributed by atoms with Crippen LogP contribution < -0.4 is 0 Å². The molecule has 3 heteroatoms.